The summed E-state index contributed by atoms with van der Waals surface area (Å²) in [5.41, 5.74) is 7.87. The number of carboxylic acid groups (broad SMARTS) is 1. The summed E-state index contributed by atoms with van der Waals surface area (Å²) in [6.07, 6.45) is 6.63. The van der Waals surface area contributed by atoms with Gasteiger partial charge in [0.2, 0.25) is 11.8 Å². The van der Waals surface area contributed by atoms with E-state index in [0.717, 1.165) is 75.8 Å². The van der Waals surface area contributed by atoms with Gasteiger partial charge in [-0.1, -0.05) is 119 Å². The Morgan fingerprint density at radius 2 is 0.759 bits per heavy atom. The number of unbranched alkanes of at least 4 members (excludes halogenated alkanes) is 3. The van der Waals surface area contributed by atoms with Crippen molar-refractivity contribution in [1.82, 2.24) is 10.6 Å². The zero-order valence-electron chi connectivity index (χ0n) is 37.0. The molecule has 2 amide bonds. The van der Waals surface area contributed by atoms with Crippen LogP contribution in [0, 0.1) is 20.8 Å². The first-order valence-electron chi connectivity index (χ1n) is 20.5. The Morgan fingerprint density at radius 3 is 1.02 bits per heavy atom. The number of carbonyl (C=O) groups excluding carboxylic acids is 2. The highest BCUT2D eigenvalue weighted by Gasteiger charge is 2.22. The molecule has 0 aliphatic carbocycles. The average Bonchev–Trinajstić information content (AvgIpc) is 3.09. The molecule has 324 valence electrons. The maximum Gasteiger partial charge on any atom is 0.303 e. The number of nitrogens with one attached hydrogen (secondary N) is 2. The van der Waals surface area contributed by atoms with Crippen molar-refractivity contribution in [2.24, 2.45) is 0 Å². The number of amides is 2. The standard InChI is InChI=1S/C34H52N2O4.C14H20O3.CH4/c1-23-19-25(21-27(31(23)39)33(3,4)5)13-15-29(37)35-17-11-9-10-12-18-36-30(38)16-14-26-20-24(2)32(40)28(22-26)34(6,7)8;1-9-7-10(5-6-12(15)16)8-11(13(9)17)14(2,3)4;/h19-22,39-40H,9-18H2,1-8H3,(H,35,37)(H,36,38);7-8,17H,5-6H2,1-4H3,(H,15,16);1H4. The van der Waals surface area contributed by atoms with Crippen molar-refractivity contribution < 1.29 is 34.8 Å². The number of rotatable bonds is 16. The third-order valence-electron chi connectivity index (χ3n) is 10.2. The van der Waals surface area contributed by atoms with Gasteiger partial charge in [0.1, 0.15) is 17.2 Å². The number of hydrogen-bond acceptors (Lipinski definition) is 6. The van der Waals surface area contributed by atoms with E-state index in [1.807, 2.05) is 77.9 Å². The third-order valence-corrected chi connectivity index (χ3v) is 10.2. The van der Waals surface area contributed by atoms with Crippen molar-refractivity contribution in [3.8, 4) is 17.2 Å². The van der Waals surface area contributed by atoms with Gasteiger partial charge in [0.15, 0.2) is 0 Å². The molecule has 0 unspecified atom stereocenters. The summed E-state index contributed by atoms with van der Waals surface area (Å²) in [5.74, 6) is 0.311. The maximum absolute atomic E-state index is 12.3. The number of aliphatic carboxylic acids is 1. The van der Waals surface area contributed by atoms with E-state index in [2.05, 4.69) is 52.2 Å². The molecule has 9 nitrogen and oxygen atoms in total. The Morgan fingerprint density at radius 1 is 0.483 bits per heavy atom. The van der Waals surface area contributed by atoms with Gasteiger partial charge in [-0.25, -0.2) is 0 Å². The molecule has 9 heteroatoms. The smallest absolute Gasteiger partial charge is 0.303 e. The van der Waals surface area contributed by atoms with Crippen LogP contribution in [0.1, 0.15) is 165 Å². The fourth-order valence-electron chi connectivity index (χ4n) is 6.71. The highest BCUT2D eigenvalue weighted by atomic mass is 16.4. The molecule has 0 heterocycles. The normalized spacial score (nSPS) is 11.6. The second-order valence-corrected chi connectivity index (χ2v) is 18.7. The first kappa shape index (κ1) is 51.5. The topological polar surface area (TPSA) is 156 Å². The Balaban J connectivity index is 0.000000781. The minimum absolute atomic E-state index is 0. The molecular formula is C49H76N2O7. The summed E-state index contributed by atoms with van der Waals surface area (Å²) in [6.45, 7) is 25.5. The number of aryl methyl sites for hydroxylation is 6. The zero-order valence-corrected chi connectivity index (χ0v) is 37.0. The van der Waals surface area contributed by atoms with Gasteiger partial charge in [-0.3, -0.25) is 14.4 Å². The highest BCUT2D eigenvalue weighted by molar-refractivity contribution is 5.76. The largest absolute Gasteiger partial charge is 0.507 e. The van der Waals surface area contributed by atoms with E-state index < -0.39 is 5.97 Å². The first-order chi connectivity index (χ1) is 26.3. The van der Waals surface area contributed by atoms with Crippen molar-refractivity contribution in [2.75, 3.05) is 13.1 Å². The van der Waals surface area contributed by atoms with Crippen molar-refractivity contribution >= 4 is 17.8 Å². The van der Waals surface area contributed by atoms with Crippen LogP contribution in [0.5, 0.6) is 17.2 Å². The van der Waals surface area contributed by atoms with Crippen molar-refractivity contribution in [3.05, 3.63) is 86.5 Å². The molecule has 3 aromatic carbocycles. The predicted octanol–water partition coefficient (Wildman–Crippen LogP) is 10.3. The lowest BCUT2D eigenvalue weighted by atomic mass is 9.83. The second kappa shape index (κ2) is 22.6. The van der Waals surface area contributed by atoms with Gasteiger partial charge < -0.3 is 31.1 Å². The molecule has 0 spiro atoms. The maximum atomic E-state index is 12.3. The molecule has 3 aromatic rings. The third kappa shape index (κ3) is 17.1. The fourth-order valence-corrected chi connectivity index (χ4v) is 6.71. The quantitative estimate of drug-likeness (QED) is 0.0787. The van der Waals surface area contributed by atoms with E-state index >= 15 is 0 Å². The predicted molar refractivity (Wildman–Crippen MR) is 238 cm³/mol. The fraction of sp³-hybridized carbons (Fsp3) is 0.571. The van der Waals surface area contributed by atoms with E-state index in [0.29, 0.717) is 62.4 Å². The minimum Gasteiger partial charge on any atom is -0.507 e. The van der Waals surface area contributed by atoms with Gasteiger partial charge in [0, 0.05) is 32.4 Å². The van der Waals surface area contributed by atoms with Gasteiger partial charge in [-0.2, -0.15) is 0 Å². The molecule has 0 aliphatic heterocycles. The molecule has 0 bridgehead atoms. The van der Waals surface area contributed by atoms with E-state index in [1.54, 1.807) is 0 Å². The summed E-state index contributed by atoms with van der Waals surface area (Å²) >= 11 is 0. The lowest BCUT2D eigenvalue weighted by Gasteiger charge is -2.22. The van der Waals surface area contributed by atoms with Crippen LogP contribution >= 0.6 is 0 Å². The van der Waals surface area contributed by atoms with Crippen LogP contribution in [0.15, 0.2) is 36.4 Å². The molecule has 0 atom stereocenters. The van der Waals surface area contributed by atoms with Crippen molar-refractivity contribution in [3.63, 3.8) is 0 Å². The molecule has 0 radical (unpaired) electrons. The van der Waals surface area contributed by atoms with Gasteiger partial charge in [0.25, 0.3) is 0 Å². The number of benzene rings is 3. The van der Waals surface area contributed by atoms with Crippen LogP contribution in [0.3, 0.4) is 0 Å². The Hall–Kier alpha value is -4.53. The summed E-state index contributed by atoms with van der Waals surface area (Å²) in [7, 11) is 0. The number of phenols is 3. The molecule has 0 saturated heterocycles. The lowest BCUT2D eigenvalue weighted by Crippen LogP contribution is -2.25. The van der Waals surface area contributed by atoms with E-state index in [-0.39, 0.29) is 41.9 Å². The first-order valence-corrected chi connectivity index (χ1v) is 20.5. The number of hydrogen-bond donors (Lipinski definition) is 6. The van der Waals surface area contributed by atoms with Crippen LogP contribution in [0.25, 0.3) is 0 Å². The molecule has 0 saturated carbocycles. The lowest BCUT2D eigenvalue weighted by molar-refractivity contribution is -0.137. The number of carbonyl (C=O) groups is 3. The van der Waals surface area contributed by atoms with Crippen LogP contribution < -0.4 is 10.6 Å². The molecule has 0 aliphatic rings. The highest BCUT2D eigenvalue weighted by Crippen LogP contribution is 2.36. The molecule has 0 aromatic heterocycles. The number of phenolic OH excluding ortho intramolecular Hbond substituents is 3. The Labute approximate surface area is 350 Å². The van der Waals surface area contributed by atoms with Crippen molar-refractivity contribution in [1.29, 1.82) is 0 Å². The Kier molecular flexibility index (Phi) is 20.0. The van der Waals surface area contributed by atoms with Crippen molar-refractivity contribution in [2.45, 2.75) is 171 Å². The van der Waals surface area contributed by atoms with Gasteiger partial charge in [-0.15, -0.1) is 0 Å². The molecule has 58 heavy (non-hydrogen) atoms. The van der Waals surface area contributed by atoms with Gasteiger partial charge in [-0.05, 0) is 119 Å². The van der Waals surface area contributed by atoms with Crippen LogP contribution in [0.4, 0.5) is 0 Å². The molecule has 3 rings (SSSR count). The van der Waals surface area contributed by atoms with E-state index in [1.165, 1.54) is 0 Å². The SMILES string of the molecule is C.Cc1cc(CCC(=O)NCCCCCCNC(=O)CCc2cc(C)c(O)c(C(C)(C)C)c2)cc(C(C)(C)C)c1O.Cc1cc(CCC(=O)O)cc(C(C)(C)C)c1O. The van der Waals surface area contributed by atoms with Crippen LogP contribution in [-0.4, -0.2) is 51.3 Å². The monoisotopic (exact) mass is 805 g/mol. The van der Waals surface area contributed by atoms with Crippen LogP contribution in [0.2, 0.25) is 0 Å². The second-order valence-electron chi connectivity index (χ2n) is 18.7. The zero-order chi connectivity index (χ0) is 43.3. The summed E-state index contributed by atoms with van der Waals surface area (Å²) < 4.78 is 0. The van der Waals surface area contributed by atoms with E-state index in [4.69, 9.17) is 5.11 Å². The summed E-state index contributed by atoms with van der Waals surface area (Å²) in [6, 6.07) is 11.7. The molecule has 6 N–H and O–H groups in total. The summed E-state index contributed by atoms with van der Waals surface area (Å²) in [5, 5.41) is 45.5. The molecular weight excluding hydrogens is 729 g/mol. The molecule has 0 fully saturated rings. The Bertz CT molecular complexity index is 1730. The van der Waals surface area contributed by atoms with Gasteiger partial charge in [0.05, 0.1) is 0 Å². The van der Waals surface area contributed by atoms with E-state index in [9.17, 15) is 29.7 Å². The minimum atomic E-state index is -0.798. The average molecular weight is 805 g/mol. The van der Waals surface area contributed by atoms with Gasteiger partial charge >= 0.3 is 5.97 Å². The van der Waals surface area contributed by atoms with Crippen LogP contribution in [-0.2, 0) is 49.9 Å². The number of carboxylic acids is 1. The summed E-state index contributed by atoms with van der Waals surface area (Å²) in [4.78, 5) is 35.2. The number of aromatic hydroxyl groups is 3.